The summed E-state index contributed by atoms with van der Waals surface area (Å²) >= 11 is 12.5. The van der Waals surface area contributed by atoms with Gasteiger partial charge in [0.1, 0.15) is 5.84 Å². The van der Waals surface area contributed by atoms with Gasteiger partial charge in [0.15, 0.2) is 0 Å². The lowest BCUT2D eigenvalue weighted by Crippen LogP contribution is -2.20. The highest BCUT2D eigenvalue weighted by Gasteiger charge is 2.15. The Labute approximate surface area is 168 Å². The van der Waals surface area contributed by atoms with Crippen molar-refractivity contribution in [2.75, 3.05) is 0 Å². The van der Waals surface area contributed by atoms with Crippen molar-refractivity contribution in [2.45, 2.75) is 20.8 Å². The number of amidine groups is 1. The molecular weight excluding hydrogens is 381 g/mol. The van der Waals surface area contributed by atoms with Crippen LogP contribution >= 0.6 is 23.2 Å². The van der Waals surface area contributed by atoms with Gasteiger partial charge in [-0.05, 0) is 48.4 Å². The fourth-order valence-corrected chi connectivity index (χ4v) is 3.29. The lowest BCUT2D eigenvalue weighted by molar-refractivity contribution is 0.100. The molecule has 1 aromatic heterocycles. The van der Waals surface area contributed by atoms with Crippen LogP contribution in [0.4, 0.5) is 0 Å². The standard InChI is InChI=1S/C21H19Cl2N3O/c1-11(2)20(24)26-21(27)13-4-7-18-16(8-13)19(12(3)10-25-18)15-6-5-14(22)9-17(15)23/h4-11H,1-3H3,(H2,24,26,27). The molecule has 4 nitrogen and oxygen atoms in total. The molecule has 2 N–H and O–H groups in total. The van der Waals surface area contributed by atoms with Gasteiger partial charge in [0.05, 0.1) is 5.52 Å². The van der Waals surface area contributed by atoms with Gasteiger partial charge in [0.25, 0.3) is 5.91 Å². The van der Waals surface area contributed by atoms with Crippen LogP contribution in [0.5, 0.6) is 0 Å². The molecule has 6 heteroatoms. The van der Waals surface area contributed by atoms with Crippen molar-refractivity contribution in [3.05, 3.63) is 63.8 Å². The molecule has 0 saturated carbocycles. The predicted molar refractivity (Wildman–Crippen MR) is 113 cm³/mol. The number of hydrogen-bond acceptors (Lipinski definition) is 2. The van der Waals surface area contributed by atoms with Crippen LogP contribution in [0.3, 0.4) is 0 Å². The number of rotatable bonds is 3. The number of benzene rings is 2. The normalized spacial score (nSPS) is 12.0. The minimum atomic E-state index is -0.377. The first-order chi connectivity index (χ1) is 12.8. The van der Waals surface area contributed by atoms with Crippen LogP contribution in [0, 0.1) is 12.8 Å². The molecule has 1 amide bonds. The lowest BCUT2D eigenvalue weighted by atomic mass is 9.96. The Kier molecular flexibility index (Phi) is 5.49. The van der Waals surface area contributed by atoms with Gasteiger partial charge in [0.2, 0.25) is 0 Å². The first-order valence-corrected chi connectivity index (χ1v) is 9.26. The Balaban J connectivity index is 2.21. The highest BCUT2D eigenvalue weighted by Crippen LogP contribution is 2.37. The summed E-state index contributed by atoms with van der Waals surface area (Å²) in [7, 11) is 0. The fourth-order valence-electron chi connectivity index (χ4n) is 2.79. The zero-order chi connectivity index (χ0) is 19.7. The minimum Gasteiger partial charge on any atom is -0.387 e. The van der Waals surface area contributed by atoms with E-state index in [0.29, 0.717) is 21.4 Å². The highest BCUT2D eigenvalue weighted by atomic mass is 35.5. The molecule has 3 rings (SSSR count). The Hall–Kier alpha value is -2.43. The van der Waals surface area contributed by atoms with E-state index < -0.39 is 0 Å². The summed E-state index contributed by atoms with van der Waals surface area (Å²) in [6.45, 7) is 5.73. The maximum absolute atomic E-state index is 12.5. The van der Waals surface area contributed by atoms with Crippen LogP contribution in [0.2, 0.25) is 10.0 Å². The SMILES string of the molecule is Cc1cnc2ccc(C(=O)N=C(N)C(C)C)cc2c1-c1ccc(Cl)cc1Cl. The molecule has 138 valence electrons. The number of nitrogens with zero attached hydrogens (tertiary/aromatic N) is 2. The number of hydrogen-bond donors (Lipinski definition) is 1. The molecule has 0 aliphatic rings. The molecule has 0 saturated heterocycles. The zero-order valence-electron chi connectivity index (χ0n) is 15.3. The number of nitrogens with two attached hydrogens (primary N) is 1. The van der Waals surface area contributed by atoms with Gasteiger partial charge in [-0.1, -0.05) is 43.1 Å². The molecule has 0 radical (unpaired) electrons. The van der Waals surface area contributed by atoms with E-state index in [1.807, 2.05) is 26.8 Å². The van der Waals surface area contributed by atoms with E-state index >= 15 is 0 Å². The number of halogens is 2. The minimum absolute atomic E-state index is 0.00162. The summed E-state index contributed by atoms with van der Waals surface area (Å²) in [6, 6.07) is 10.7. The molecule has 0 aliphatic heterocycles. The summed E-state index contributed by atoms with van der Waals surface area (Å²) in [5.74, 6) is -0.0667. The molecule has 0 bridgehead atoms. The van der Waals surface area contributed by atoms with Crippen LogP contribution in [-0.4, -0.2) is 16.7 Å². The number of amides is 1. The van der Waals surface area contributed by atoms with E-state index in [1.165, 1.54) is 0 Å². The third-order valence-corrected chi connectivity index (χ3v) is 4.87. The smallest absolute Gasteiger partial charge is 0.278 e. The third-order valence-electron chi connectivity index (χ3n) is 4.33. The molecule has 1 heterocycles. The van der Waals surface area contributed by atoms with E-state index in [4.69, 9.17) is 28.9 Å². The van der Waals surface area contributed by atoms with E-state index in [1.54, 1.807) is 36.5 Å². The zero-order valence-corrected chi connectivity index (χ0v) is 16.8. The summed E-state index contributed by atoms with van der Waals surface area (Å²) in [4.78, 5) is 21.0. The highest BCUT2D eigenvalue weighted by molar-refractivity contribution is 6.36. The van der Waals surface area contributed by atoms with Gasteiger partial charge in [-0.25, -0.2) is 0 Å². The van der Waals surface area contributed by atoms with Crippen molar-refractivity contribution in [3.63, 3.8) is 0 Å². The van der Waals surface area contributed by atoms with Gasteiger partial charge < -0.3 is 5.73 Å². The fraction of sp³-hybridized carbons (Fsp3) is 0.190. The first kappa shape index (κ1) is 19.3. The monoisotopic (exact) mass is 399 g/mol. The Bertz CT molecular complexity index is 1070. The van der Waals surface area contributed by atoms with Crippen molar-refractivity contribution >= 4 is 45.8 Å². The largest absolute Gasteiger partial charge is 0.387 e. The quantitative estimate of drug-likeness (QED) is 0.455. The van der Waals surface area contributed by atoms with Crippen LogP contribution in [0.1, 0.15) is 29.8 Å². The van der Waals surface area contributed by atoms with E-state index in [9.17, 15) is 4.79 Å². The molecule has 0 atom stereocenters. The molecule has 0 aliphatic carbocycles. The Morgan fingerprint density at radius 2 is 1.89 bits per heavy atom. The first-order valence-electron chi connectivity index (χ1n) is 8.51. The summed E-state index contributed by atoms with van der Waals surface area (Å²) in [6.07, 6.45) is 1.79. The van der Waals surface area contributed by atoms with Gasteiger partial charge in [-0.3, -0.25) is 9.78 Å². The third kappa shape index (κ3) is 3.97. The van der Waals surface area contributed by atoms with Gasteiger partial charge in [-0.15, -0.1) is 0 Å². The van der Waals surface area contributed by atoms with Crippen molar-refractivity contribution in [3.8, 4) is 11.1 Å². The number of fused-ring (bicyclic) bond motifs is 1. The second kappa shape index (κ2) is 7.67. The van der Waals surface area contributed by atoms with E-state index in [0.717, 1.165) is 27.6 Å². The van der Waals surface area contributed by atoms with Crippen molar-refractivity contribution < 1.29 is 4.79 Å². The van der Waals surface area contributed by atoms with Gasteiger partial charge in [-0.2, -0.15) is 4.99 Å². The molecular formula is C21H19Cl2N3O. The molecule has 3 aromatic rings. The number of aliphatic imine (C=N–C) groups is 1. The Morgan fingerprint density at radius 3 is 2.56 bits per heavy atom. The molecule has 27 heavy (non-hydrogen) atoms. The summed E-state index contributed by atoms with van der Waals surface area (Å²) in [5, 5.41) is 1.93. The topological polar surface area (TPSA) is 68.3 Å². The van der Waals surface area contributed by atoms with Crippen LogP contribution in [0.25, 0.3) is 22.0 Å². The molecule has 0 fully saturated rings. The van der Waals surface area contributed by atoms with Gasteiger partial charge >= 0.3 is 0 Å². The molecule has 2 aromatic carbocycles. The van der Waals surface area contributed by atoms with Crippen LogP contribution in [-0.2, 0) is 0 Å². The van der Waals surface area contributed by atoms with Gasteiger partial charge in [0, 0.05) is 38.7 Å². The number of aromatic nitrogens is 1. The predicted octanol–water partition coefficient (Wildman–Crippen LogP) is 5.67. The van der Waals surface area contributed by atoms with Crippen LogP contribution < -0.4 is 5.73 Å². The lowest BCUT2D eigenvalue weighted by Gasteiger charge is -2.13. The number of aryl methyl sites for hydroxylation is 1. The Morgan fingerprint density at radius 1 is 1.15 bits per heavy atom. The average Bonchev–Trinajstić information content (AvgIpc) is 2.62. The second-order valence-electron chi connectivity index (χ2n) is 6.67. The molecule has 0 spiro atoms. The molecule has 0 unspecified atom stereocenters. The van der Waals surface area contributed by atoms with E-state index in [2.05, 4.69) is 9.98 Å². The van der Waals surface area contributed by atoms with Crippen molar-refractivity contribution in [1.29, 1.82) is 0 Å². The van der Waals surface area contributed by atoms with Crippen molar-refractivity contribution in [2.24, 2.45) is 16.6 Å². The average molecular weight is 400 g/mol. The maximum atomic E-state index is 12.5. The number of carbonyl (C=O) groups is 1. The number of carbonyl (C=O) groups excluding carboxylic acids is 1. The summed E-state index contributed by atoms with van der Waals surface area (Å²) in [5.41, 5.74) is 9.74. The van der Waals surface area contributed by atoms with Crippen LogP contribution in [0.15, 0.2) is 47.6 Å². The summed E-state index contributed by atoms with van der Waals surface area (Å²) < 4.78 is 0. The van der Waals surface area contributed by atoms with Crippen molar-refractivity contribution in [1.82, 2.24) is 4.98 Å². The maximum Gasteiger partial charge on any atom is 0.278 e. The number of pyridine rings is 1. The second-order valence-corrected chi connectivity index (χ2v) is 7.51. The van der Waals surface area contributed by atoms with E-state index in [-0.39, 0.29) is 11.8 Å².